The molecule has 1 N–H and O–H groups in total. The Morgan fingerprint density at radius 3 is 2.60 bits per heavy atom. The Morgan fingerprint density at radius 2 is 2.00 bits per heavy atom. The first-order chi connectivity index (χ1) is 14.6. The Bertz CT molecular complexity index is 704. The predicted molar refractivity (Wildman–Crippen MR) is 122 cm³/mol. The molecule has 8 heteroatoms. The van der Waals surface area contributed by atoms with Gasteiger partial charge in [-0.05, 0) is 43.7 Å². The molecule has 6 nitrogen and oxygen atoms in total. The van der Waals surface area contributed by atoms with Gasteiger partial charge in [0.15, 0.2) is 17.5 Å². The van der Waals surface area contributed by atoms with Crippen LogP contribution in [0.25, 0.3) is 0 Å². The van der Waals surface area contributed by atoms with Gasteiger partial charge in [0.25, 0.3) is 0 Å². The molecule has 0 spiro atoms. The van der Waals surface area contributed by atoms with Crippen LogP contribution in [0.3, 0.4) is 0 Å². The summed E-state index contributed by atoms with van der Waals surface area (Å²) >= 11 is 1.92. The van der Waals surface area contributed by atoms with Gasteiger partial charge < -0.3 is 19.7 Å². The third-order valence-electron chi connectivity index (χ3n) is 5.98. The standard InChI is InChI=1S/C22H35FN4O2S/c1-4-24-21(25-17-22(30-3)7-13-29-14-8-22)27-11-9-26(10-12-27)16-18-5-6-20(28-2)19(23)15-18/h5-6,15H,4,7-14,16-17H2,1-3H3,(H,24,25). The average Bonchev–Trinajstić information content (AvgIpc) is 2.78. The number of hydrogen-bond donors (Lipinski definition) is 1. The lowest BCUT2D eigenvalue weighted by atomic mass is 9.99. The molecule has 0 aliphatic carbocycles. The SMILES string of the molecule is CCNC(=NCC1(SC)CCOCC1)N1CCN(Cc2ccc(OC)c(F)c2)CC1. The lowest BCUT2D eigenvalue weighted by Gasteiger charge is -2.38. The number of thioether (sulfide) groups is 1. The van der Waals surface area contributed by atoms with Gasteiger partial charge in [-0.1, -0.05) is 6.07 Å². The second-order valence-corrected chi connectivity index (χ2v) is 9.18. The lowest BCUT2D eigenvalue weighted by molar-refractivity contribution is 0.0793. The molecule has 0 aromatic heterocycles. The van der Waals surface area contributed by atoms with Crippen molar-refractivity contribution in [3.63, 3.8) is 0 Å². The number of nitrogens with zero attached hydrogens (tertiary/aromatic N) is 3. The summed E-state index contributed by atoms with van der Waals surface area (Å²) in [6.45, 7) is 9.90. The molecule has 2 fully saturated rings. The number of ether oxygens (including phenoxy) is 2. The van der Waals surface area contributed by atoms with Crippen molar-refractivity contribution >= 4 is 17.7 Å². The minimum atomic E-state index is -0.300. The van der Waals surface area contributed by atoms with Gasteiger partial charge in [0.2, 0.25) is 0 Å². The van der Waals surface area contributed by atoms with Crippen LogP contribution in [-0.2, 0) is 11.3 Å². The summed E-state index contributed by atoms with van der Waals surface area (Å²) in [6, 6.07) is 5.22. The molecule has 0 bridgehead atoms. The van der Waals surface area contributed by atoms with E-state index in [-0.39, 0.29) is 10.6 Å². The molecule has 1 aromatic rings. The van der Waals surface area contributed by atoms with Gasteiger partial charge in [0.05, 0.1) is 13.7 Å². The lowest BCUT2D eigenvalue weighted by Crippen LogP contribution is -2.52. The highest BCUT2D eigenvalue weighted by Crippen LogP contribution is 2.34. The summed E-state index contributed by atoms with van der Waals surface area (Å²) in [5, 5.41) is 3.47. The first-order valence-corrected chi connectivity index (χ1v) is 12.0. The van der Waals surface area contributed by atoms with E-state index in [2.05, 4.69) is 28.3 Å². The van der Waals surface area contributed by atoms with Crippen molar-refractivity contribution < 1.29 is 13.9 Å². The van der Waals surface area contributed by atoms with E-state index >= 15 is 0 Å². The number of methoxy groups -OCH3 is 1. The van der Waals surface area contributed by atoms with Crippen LogP contribution in [0.15, 0.2) is 23.2 Å². The number of piperazine rings is 1. The van der Waals surface area contributed by atoms with Crippen LogP contribution in [0, 0.1) is 5.82 Å². The van der Waals surface area contributed by atoms with Crippen molar-refractivity contribution in [2.75, 3.05) is 65.8 Å². The maximum atomic E-state index is 14.0. The zero-order valence-corrected chi connectivity index (χ0v) is 19.3. The third kappa shape index (κ3) is 6.02. The molecule has 0 atom stereocenters. The van der Waals surface area contributed by atoms with Crippen molar-refractivity contribution in [3.05, 3.63) is 29.6 Å². The van der Waals surface area contributed by atoms with Crippen molar-refractivity contribution in [1.82, 2.24) is 15.1 Å². The monoisotopic (exact) mass is 438 g/mol. The van der Waals surface area contributed by atoms with E-state index in [0.717, 1.165) is 83.4 Å². The van der Waals surface area contributed by atoms with Crippen LogP contribution in [0.5, 0.6) is 5.75 Å². The van der Waals surface area contributed by atoms with Crippen LogP contribution in [-0.4, -0.2) is 86.4 Å². The van der Waals surface area contributed by atoms with E-state index in [1.54, 1.807) is 12.1 Å². The fourth-order valence-electron chi connectivity index (χ4n) is 4.00. The highest BCUT2D eigenvalue weighted by molar-refractivity contribution is 8.00. The third-order valence-corrected chi connectivity index (χ3v) is 7.39. The van der Waals surface area contributed by atoms with E-state index in [1.165, 1.54) is 7.11 Å². The van der Waals surface area contributed by atoms with Crippen LogP contribution in [0.4, 0.5) is 4.39 Å². The van der Waals surface area contributed by atoms with Gasteiger partial charge in [0, 0.05) is 57.2 Å². The zero-order chi connectivity index (χ0) is 21.4. The van der Waals surface area contributed by atoms with Crippen molar-refractivity contribution in [3.8, 4) is 5.75 Å². The van der Waals surface area contributed by atoms with Gasteiger partial charge in [-0.2, -0.15) is 11.8 Å². The van der Waals surface area contributed by atoms with Crippen LogP contribution in [0.1, 0.15) is 25.3 Å². The van der Waals surface area contributed by atoms with E-state index < -0.39 is 0 Å². The van der Waals surface area contributed by atoms with Crippen LogP contribution in [0.2, 0.25) is 0 Å². The summed E-state index contributed by atoms with van der Waals surface area (Å²) in [5.41, 5.74) is 0.976. The smallest absolute Gasteiger partial charge is 0.194 e. The fraction of sp³-hybridized carbons (Fsp3) is 0.682. The van der Waals surface area contributed by atoms with Crippen LogP contribution < -0.4 is 10.1 Å². The first-order valence-electron chi connectivity index (χ1n) is 10.8. The maximum absolute atomic E-state index is 14.0. The Hall–Kier alpha value is -1.51. The number of benzene rings is 1. The van der Waals surface area contributed by atoms with Crippen LogP contribution >= 0.6 is 11.8 Å². The summed E-state index contributed by atoms with van der Waals surface area (Å²) < 4.78 is 24.7. The predicted octanol–water partition coefficient (Wildman–Crippen LogP) is 2.83. The molecule has 168 valence electrons. The fourth-order valence-corrected chi connectivity index (χ4v) is 4.77. The second-order valence-electron chi connectivity index (χ2n) is 7.90. The topological polar surface area (TPSA) is 49.3 Å². The minimum absolute atomic E-state index is 0.194. The van der Waals surface area contributed by atoms with E-state index in [4.69, 9.17) is 14.5 Å². The van der Waals surface area contributed by atoms with Gasteiger partial charge >= 0.3 is 0 Å². The van der Waals surface area contributed by atoms with Gasteiger partial charge in [-0.25, -0.2) is 4.39 Å². The Balaban J connectivity index is 1.56. The average molecular weight is 439 g/mol. The molecule has 2 aliphatic rings. The Labute approximate surface area is 184 Å². The number of rotatable bonds is 7. The van der Waals surface area contributed by atoms with Gasteiger partial charge in [-0.15, -0.1) is 0 Å². The highest BCUT2D eigenvalue weighted by Gasteiger charge is 2.32. The molecule has 3 rings (SSSR count). The largest absolute Gasteiger partial charge is 0.494 e. The zero-order valence-electron chi connectivity index (χ0n) is 18.5. The summed E-state index contributed by atoms with van der Waals surface area (Å²) in [6.07, 6.45) is 4.31. The normalized spacial score (nSPS) is 20.3. The van der Waals surface area contributed by atoms with Crippen molar-refractivity contribution in [2.45, 2.75) is 31.1 Å². The molecule has 2 heterocycles. The maximum Gasteiger partial charge on any atom is 0.194 e. The minimum Gasteiger partial charge on any atom is -0.494 e. The molecule has 0 unspecified atom stereocenters. The van der Waals surface area contributed by atoms with Gasteiger partial charge in [0.1, 0.15) is 0 Å². The number of hydrogen-bond acceptors (Lipinski definition) is 5. The molecule has 0 amide bonds. The quantitative estimate of drug-likeness (QED) is 0.522. The molecule has 0 radical (unpaired) electrons. The van der Waals surface area contributed by atoms with E-state index in [0.29, 0.717) is 5.75 Å². The molecule has 0 saturated carbocycles. The molecule has 1 aromatic carbocycles. The first kappa shape index (κ1) is 23.2. The van der Waals surface area contributed by atoms with Crippen molar-refractivity contribution in [2.24, 2.45) is 4.99 Å². The Morgan fingerprint density at radius 1 is 1.27 bits per heavy atom. The summed E-state index contributed by atoms with van der Waals surface area (Å²) in [4.78, 5) is 9.73. The number of aliphatic imine (C=N–C) groups is 1. The Kier molecular flexibility index (Phi) is 8.65. The molecule has 2 aliphatic heterocycles. The van der Waals surface area contributed by atoms with Crippen molar-refractivity contribution in [1.29, 1.82) is 0 Å². The second kappa shape index (κ2) is 11.2. The molecule has 30 heavy (non-hydrogen) atoms. The van der Waals surface area contributed by atoms with E-state index in [9.17, 15) is 4.39 Å². The van der Waals surface area contributed by atoms with Gasteiger partial charge in [-0.3, -0.25) is 9.89 Å². The highest BCUT2D eigenvalue weighted by atomic mass is 32.2. The summed E-state index contributed by atoms with van der Waals surface area (Å²) in [7, 11) is 1.49. The molecular formula is C22H35FN4O2S. The van der Waals surface area contributed by atoms with E-state index in [1.807, 2.05) is 17.8 Å². The molecule has 2 saturated heterocycles. The summed E-state index contributed by atoms with van der Waals surface area (Å²) in [5.74, 6) is 1.00. The number of guanidine groups is 1. The number of halogens is 1. The number of nitrogens with one attached hydrogen (secondary N) is 1. The molecular weight excluding hydrogens is 403 g/mol.